The van der Waals surface area contributed by atoms with Gasteiger partial charge in [0.1, 0.15) is 0 Å². The highest BCUT2D eigenvalue weighted by molar-refractivity contribution is 7.85. The summed E-state index contributed by atoms with van der Waals surface area (Å²) in [5, 5.41) is 3.64. The van der Waals surface area contributed by atoms with Gasteiger partial charge in [-0.3, -0.25) is 4.21 Å². The van der Waals surface area contributed by atoms with Crippen LogP contribution in [0, 0.1) is 6.92 Å². The lowest BCUT2D eigenvalue weighted by Gasteiger charge is -2.26. The molecule has 0 saturated carbocycles. The molecule has 0 radical (unpaired) electrons. The van der Waals surface area contributed by atoms with Crippen LogP contribution in [-0.2, 0) is 10.8 Å². The second-order valence-electron chi connectivity index (χ2n) is 4.92. The van der Waals surface area contributed by atoms with Crippen molar-refractivity contribution in [3.63, 3.8) is 0 Å². The van der Waals surface area contributed by atoms with Crippen LogP contribution in [0.4, 0.5) is 0 Å². The molecule has 1 atom stereocenters. The first-order valence-corrected chi connectivity index (χ1v) is 7.81. The highest BCUT2D eigenvalue weighted by Crippen LogP contribution is 2.17. The summed E-state index contributed by atoms with van der Waals surface area (Å²) < 4.78 is 11.3. The first kappa shape index (κ1) is 12.8. The van der Waals surface area contributed by atoms with Crippen LogP contribution in [-0.4, -0.2) is 21.8 Å². The largest absolute Gasteiger partial charge is 0.307 e. The molecule has 1 saturated heterocycles. The molecule has 0 unspecified atom stereocenters. The van der Waals surface area contributed by atoms with Gasteiger partial charge in [0.2, 0.25) is 0 Å². The Labute approximate surface area is 106 Å². The first-order valence-electron chi connectivity index (χ1n) is 6.33. The van der Waals surface area contributed by atoms with Crippen molar-refractivity contribution in [1.82, 2.24) is 5.32 Å². The van der Waals surface area contributed by atoms with E-state index in [-0.39, 0.29) is 0 Å². The lowest BCUT2D eigenvalue weighted by Crippen LogP contribution is -2.37. The average molecular weight is 251 g/mol. The smallest absolute Gasteiger partial charge is 0.0294 e. The lowest BCUT2D eigenvalue weighted by atomic mass is 10.0. The Morgan fingerprint density at radius 3 is 2.41 bits per heavy atom. The minimum Gasteiger partial charge on any atom is -0.307 e. The quantitative estimate of drug-likeness (QED) is 0.894. The summed E-state index contributed by atoms with van der Waals surface area (Å²) >= 11 is 0. The second-order valence-corrected chi connectivity index (χ2v) is 6.62. The fourth-order valence-electron chi connectivity index (χ4n) is 2.27. The molecule has 0 aromatic heterocycles. The Morgan fingerprint density at radius 1 is 1.24 bits per heavy atom. The fourth-order valence-corrected chi connectivity index (χ4v) is 3.56. The predicted molar refractivity (Wildman–Crippen MR) is 73.6 cm³/mol. The highest BCUT2D eigenvalue weighted by atomic mass is 32.2. The van der Waals surface area contributed by atoms with Crippen molar-refractivity contribution in [3.8, 4) is 0 Å². The number of benzene rings is 1. The molecule has 1 aromatic carbocycles. The van der Waals surface area contributed by atoms with Crippen molar-refractivity contribution in [2.45, 2.75) is 38.8 Å². The van der Waals surface area contributed by atoms with Gasteiger partial charge in [-0.2, -0.15) is 0 Å². The topological polar surface area (TPSA) is 29.1 Å². The summed E-state index contributed by atoms with van der Waals surface area (Å²) in [6.07, 6.45) is 2.09. The second kappa shape index (κ2) is 5.78. The Bertz CT molecular complexity index is 378. The molecule has 0 amide bonds. The number of aryl methyl sites for hydroxylation is 1. The molecular formula is C14H21NOS. The van der Waals surface area contributed by atoms with Gasteiger partial charge >= 0.3 is 0 Å². The summed E-state index contributed by atoms with van der Waals surface area (Å²) in [4.78, 5) is 0. The monoisotopic (exact) mass is 251 g/mol. The zero-order valence-corrected chi connectivity index (χ0v) is 11.4. The van der Waals surface area contributed by atoms with Crippen LogP contribution in [0.2, 0.25) is 0 Å². The number of hydrogen-bond acceptors (Lipinski definition) is 2. The van der Waals surface area contributed by atoms with E-state index in [1.54, 1.807) is 0 Å². The molecule has 1 aliphatic heterocycles. The summed E-state index contributed by atoms with van der Waals surface area (Å²) in [7, 11) is -0.563. The van der Waals surface area contributed by atoms with E-state index < -0.39 is 10.8 Å². The Balaban J connectivity index is 1.90. The van der Waals surface area contributed by atoms with E-state index in [2.05, 4.69) is 43.4 Å². The third-order valence-electron chi connectivity index (χ3n) is 3.45. The van der Waals surface area contributed by atoms with Crippen LogP contribution in [0.25, 0.3) is 0 Å². The summed E-state index contributed by atoms with van der Waals surface area (Å²) in [5.74, 6) is 1.72. The van der Waals surface area contributed by atoms with Crippen LogP contribution in [0.1, 0.15) is 36.9 Å². The molecule has 1 aliphatic rings. The van der Waals surface area contributed by atoms with Gasteiger partial charge in [0.05, 0.1) is 0 Å². The minimum atomic E-state index is -0.563. The van der Waals surface area contributed by atoms with Gasteiger partial charge in [-0.1, -0.05) is 29.8 Å². The zero-order chi connectivity index (χ0) is 12.3. The van der Waals surface area contributed by atoms with E-state index >= 15 is 0 Å². The normalized spacial score (nSPS) is 26.7. The van der Waals surface area contributed by atoms with Crippen LogP contribution >= 0.6 is 0 Å². The van der Waals surface area contributed by atoms with Gasteiger partial charge in [-0.25, -0.2) is 0 Å². The molecule has 2 rings (SSSR count). The van der Waals surface area contributed by atoms with Crippen molar-refractivity contribution in [2.75, 3.05) is 11.5 Å². The lowest BCUT2D eigenvalue weighted by molar-refractivity contribution is 0.427. The van der Waals surface area contributed by atoms with Crippen LogP contribution in [0.15, 0.2) is 24.3 Å². The average Bonchev–Trinajstić information content (AvgIpc) is 2.33. The molecule has 0 aliphatic carbocycles. The zero-order valence-electron chi connectivity index (χ0n) is 10.6. The maximum atomic E-state index is 11.3. The standard InChI is InChI=1S/C14H21NOS/c1-11-3-5-13(6-4-11)12(2)15-14-7-9-17(16)10-8-14/h3-6,12,14-15H,7-10H2,1-2H3/t12-,14?,17?/m1/s1. The van der Waals surface area contributed by atoms with Crippen molar-refractivity contribution < 1.29 is 4.21 Å². The molecule has 1 N–H and O–H groups in total. The molecule has 94 valence electrons. The van der Waals surface area contributed by atoms with Crippen LogP contribution < -0.4 is 5.32 Å². The minimum absolute atomic E-state index is 0.382. The molecule has 0 spiro atoms. The molecule has 17 heavy (non-hydrogen) atoms. The first-order chi connectivity index (χ1) is 8.15. The Hall–Kier alpha value is -0.670. The molecule has 1 aromatic rings. The van der Waals surface area contributed by atoms with Gasteiger partial charge in [-0.05, 0) is 32.3 Å². The third kappa shape index (κ3) is 3.65. The van der Waals surface area contributed by atoms with Gasteiger partial charge < -0.3 is 5.32 Å². The molecule has 0 bridgehead atoms. The number of hydrogen-bond donors (Lipinski definition) is 1. The molecular weight excluding hydrogens is 230 g/mol. The van der Waals surface area contributed by atoms with E-state index in [1.165, 1.54) is 11.1 Å². The van der Waals surface area contributed by atoms with Gasteiger partial charge in [0, 0.05) is 34.4 Å². The number of rotatable bonds is 3. The fraction of sp³-hybridized carbons (Fsp3) is 0.571. The van der Waals surface area contributed by atoms with Crippen LogP contribution in [0.3, 0.4) is 0 Å². The maximum Gasteiger partial charge on any atom is 0.0294 e. The predicted octanol–water partition coefficient (Wildman–Crippen LogP) is 2.56. The van der Waals surface area contributed by atoms with Crippen molar-refractivity contribution in [3.05, 3.63) is 35.4 Å². The van der Waals surface area contributed by atoms with Crippen molar-refractivity contribution >= 4 is 10.8 Å². The van der Waals surface area contributed by atoms with E-state index in [0.29, 0.717) is 12.1 Å². The molecule has 1 heterocycles. The van der Waals surface area contributed by atoms with Crippen molar-refractivity contribution in [2.24, 2.45) is 0 Å². The number of nitrogens with one attached hydrogen (secondary N) is 1. The summed E-state index contributed by atoms with van der Waals surface area (Å²) in [6, 6.07) is 9.60. The summed E-state index contributed by atoms with van der Waals surface area (Å²) in [5.41, 5.74) is 2.64. The molecule has 2 nitrogen and oxygen atoms in total. The van der Waals surface area contributed by atoms with Gasteiger partial charge in [0.25, 0.3) is 0 Å². The third-order valence-corrected chi connectivity index (χ3v) is 4.83. The summed E-state index contributed by atoms with van der Waals surface area (Å²) in [6.45, 7) is 4.31. The van der Waals surface area contributed by atoms with E-state index in [0.717, 1.165) is 24.3 Å². The van der Waals surface area contributed by atoms with Gasteiger partial charge in [0.15, 0.2) is 0 Å². The SMILES string of the molecule is Cc1ccc([C@@H](C)NC2CCS(=O)CC2)cc1. The van der Waals surface area contributed by atoms with E-state index in [9.17, 15) is 4.21 Å². The van der Waals surface area contributed by atoms with Crippen molar-refractivity contribution in [1.29, 1.82) is 0 Å². The Morgan fingerprint density at radius 2 is 1.82 bits per heavy atom. The van der Waals surface area contributed by atoms with Crippen LogP contribution in [0.5, 0.6) is 0 Å². The highest BCUT2D eigenvalue weighted by Gasteiger charge is 2.19. The van der Waals surface area contributed by atoms with E-state index in [4.69, 9.17) is 0 Å². The molecule has 1 fully saturated rings. The maximum absolute atomic E-state index is 11.3. The van der Waals surface area contributed by atoms with Gasteiger partial charge in [-0.15, -0.1) is 0 Å². The van der Waals surface area contributed by atoms with E-state index in [1.807, 2.05) is 0 Å². The Kier molecular flexibility index (Phi) is 4.35. The molecule has 3 heteroatoms.